The van der Waals surface area contributed by atoms with Crippen LogP contribution in [0.25, 0.3) is 0 Å². The molecule has 54 heavy (non-hydrogen) atoms. The minimum absolute atomic E-state index is 0. The lowest BCUT2D eigenvalue weighted by Crippen LogP contribution is -2.10. The van der Waals surface area contributed by atoms with Crippen LogP contribution >= 0.6 is 34.8 Å². The Morgan fingerprint density at radius 2 is 1.11 bits per heavy atom. The predicted octanol–water partition coefficient (Wildman–Crippen LogP) is 5.45. The van der Waals surface area contributed by atoms with Crippen molar-refractivity contribution in [3.05, 3.63) is 152 Å². The summed E-state index contributed by atoms with van der Waals surface area (Å²) < 4.78 is 2.58. The number of rotatable bonds is 9. The second-order valence-corrected chi connectivity index (χ2v) is 11.4. The van der Waals surface area contributed by atoms with Crippen LogP contribution in [0.4, 0.5) is 17.1 Å². The monoisotopic (exact) mass is 800 g/mol. The van der Waals surface area contributed by atoms with Gasteiger partial charge in [-0.3, -0.25) is 49.4 Å². The van der Waals surface area contributed by atoms with E-state index in [-0.39, 0.29) is 73.3 Å². The molecule has 0 atom stereocenters. The van der Waals surface area contributed by atoms with E-state index < -0.39 is 32.1 Å². The third-order valence-electron chi connectivity index (χ3n) is 6.63. The van der Waals surface area contributed by atoms with Crippen molar-refractivity contribution in [2.75, 3.05) is 0 Å². The first-order chi connectivity index (χ1) is 25.1. The highest BCUT2D eigenvalue weighted by atomic mass is 35.5. The Morgan fingerprint density at radius 3 is 1.46 bits per heavy atom. The summed E-state index contributed by atoms with van der Waals surface area (Å²) in [7, 11) is 3.12. The van der Waals surface area contributed by atoms with E-state index in [4.69, 9.17) is 34.8 Å². The normalized spacial score (nSPS) is 10.1. The van der Waals surface area contributed by atoms with Gasteiger partial charge in [-0.05, 0) is 36.4 Å². The number of H-pyrrole nitrogens is 1. The second kappa shape index (κ2) is 18.1. The summed E-state index contributed by atoms with van der Waals surface area (Å²) in [6.07, 6.45) is 3.81. The van der Waals surface area contributed by atoms with Gasteiger partial charge in [-0.1, -0.05) is 52.7 Å². The SMILES string of the molecule is C.Cn1cc(C(=O)c2cc(Cl)ccc2[N+](=O)[O-])nn1.Cn1nncc1C(=O)c1cc(Cl)ccc1[N+](=O)[O-].O=C(c1cn[nH]n1)c1cc(Cl)ccc1[N+](=O)[O-]. The fourth-order valence-electron chi connectivity index (χ4n) is 4.22. The standard InChI is InChI=1S/2C10H7ClN4O3.C9H5ClN4O3.CH4/c1-14-5-8(12-13-14)10(16)7-4-6(11)2-3-9(7)15(17)18;1-14-9(5-12-13-14)10(16)7-4-6(11)2-3-8(7)15(17)18;10-5-1-2-8(14(16)17)6(3-5)9(15)7-4-11-13-12-7;/h2*2-5H,1H3;1-4H,(H,11,12,13);1H4. The lowest BCUT2D eigenvalue weighted by atomic mass is 10.1. The number of nitro benzene ring substituents is 3. The number of benzene rings is 3. The first kappa shape index (κ1) is 41.6. The fourth-order valence-corrected chi connectivity index (χ4v) is 4.74. The van der Waals surface area contributed by atoms with Gasteiger partial charge in [0, 0.05) is 47.4 Å². The zero-order valence-electron chi connectivity index (χ0n) is 26.7. The molecular formula is C30H23Cl3N12O9. The van der Waals surface area contributed by atoms with Crippen molar-refractivity contribution in [2.24, 2.45) is 14.1 Å². The van der Waals surface area contributed by atoms with Gasteiger partial charge < -0.3 is 0 Å². The summed E-state index contributed by atoms with van der Waals surface area (Å²) in [5, 5.41) is 56.9. The average molecular weight is 802 g/mol. The van der Waals surface area contributed by atoms with Crippen LogP contribution < -0.4 is 0 Å². The zero-order valence-corrected chi connectivity index (χ0v) is 28.9. The molecule has 6 aromatic rings. The van der Waals surface area contributed by atoms with Gasteiger partial charge in [-0.25, -0.2) is 4.68 Å². The number of nitrogens with zero attached hydrogens (tertiary/aromatic N) is 11. The Bertz CT molecular complexity index is 2380. The first-order valence-corrected chi connectivity index (χ1v) is 15.2. The maximum atomic E-state index is 12.1. The van der Waals surface area contributed by atoms with Crippen LogP contribution in [0.15, 0.2) is 73.2 Å². The number of carbonyl (C=O) groups is 3. The largest absolute Gasteiger partial charge is 0.287 e. The minimum Gasteiger partial charge on any atom is -0.287 e. The molecule has 278 valence electrons. The molecule has 0 unspecified atom stereocenters. The first-order valence-electron chi connectivity index (χ1n) is 14.1. The quantitative estimate of drug-likeness (QED) is 0.108. The zero-order chi connectivity index (χ0) is 39.0. The molecule has 0 amide bonds. The number of ketones is 3. The van der Waals surface area contributed by atoms with Gasteiger partial charge in [0.2, 0.25) is 17.3 Å². The highest BCUT2D eigenvalue weighted by Crippen LogP contribution is 2.27. The van der Waals surface area contributed by atoms with Crippen molar-refractivity contribution in [3.8, 4) is 0 Å². The number of nitrogens with one attached hydrogen (secondary N) is 1. The summed E-state index contributed by atoms with van der Waals surface area (Å²) in [5.41, 5.74) is -1.05. The van der Waals surface area contributed by atoms with Crippen LogP contribution in [0.1, 0.15) is 55.6 Å². The third kappa shape index (κ3) is 9.93. The number of halogens is 3. The highest BCUT2D eigenvalue weighted by Gasteiger charge is 2.26. The third-order valence-corrected chi connectivity index (χ3v) is 7.34. The van der Waals surface area contributed by atoms with Gasteiger partial charge in [-0.15, -0.1) is 10.2 Å². The van der Waals surface area contributed by atoms with E-state index in [2.05, 4.69) is 36.0 Å². The van der Waals surface area contributed by atoms with Gasteiger partial charge in [-0.2, -0.15) is 15.4 Å². The number of nitro groups is 3. The van der Waals surface area contributed by atoms with E-state index in [1.807, 2.05) is 0 Å². The number of aromatic nitrogens is 9. The van der Waals surface area contributed by atoms with Crippen LogP contribution in [-0.2, 0) is 14.1 Å². The number of aromatic amines is 1. The van der Waals surface area contributed by atoms with E-state index in [9.17, 15) is 44.7 Å². The Morgan fingerprint density at radius 1 is 0.667 bits per heavy atom. The molecule has 0 saturated heterocycles. The van der Waals surface area contributed by atoms with Crippen molar-refractivity contribution in [3.63, 3.8) is 0 Å². The van der Waals surface area contributed by atoms with E-state index in [0.29, 0.717) is 0 Å². The molecule has 3 aromatic carbocycles. The van der Waals surface area contributed by atoms with Crippen molar-refractivity contribution in [1.82, 2.24) is 45.4 Å². The van der Waals surface area contributed by atoms with Crippen LogP contribution in [0.5, 0.6) is 0 Å². The molecule has 3 heterocycles. The number of hydrogen-bond donors (Lipinski definition) is 1. The smallest absolute Gasteiger partial charge is 0.280 e. The van der Waals surface area contributed by atoms with Gasteiger partial charge in [0.25, 0.3) is 17.1 Å². The minimum atomic E-state index is -0.649. The van der Waals surface area contributed by atoms with Gasteiger partial charge in [0.1, 0.15) is 22.4 Å². The predicted molar refractivity (Wildman–Crippen MR) is 190 cm³/mol. The molecule has 3 aromatic heterocycles. The Labute approximate surface area is 316 Å². The molecule has 0 aliphatic carbocycles. The molecule has 0 bridgehead atoms. The van der Waals surface area contributed by atoms with Crippen molar-refractivity contribution < 1.29 is 29.2 Å². The van der Waals surface area contributed by atoms with Crippen molar-refractivity contribution >= 4 is 69.2 Å². The summed E-state index contributed by atoms with van der Waals surface area (Å²) >= 11 is 17.2. The molecule has 0 aliphatic rings. The molecular weight excluding hydrogens is 779 g/mol. The second-order valence-electron chi connectivity index (χ2n) is 10.1. The summed E-state index contributed by atoms with van der Waals surface area (Å²) in [6, 6.07) is 11.4. The molecule has 6 rings (SSSR count). The number of hydrogen-bond acceptors (Lipinski definition) is 15. The van der Waals surface area contributed by atoms with E-state index in [1.165, 1.54) is 89.6 Å². The highest BCUT2D eigenvalue weighted by molar-refractivity contribution is 6.32. The van der Waals surface area contributed by atoms with Gasteiger partial charge in [0.05, 0.1) is 33.4 Å². The Kier molecular flexibility index (Phi) is 13.9. The maximum Gasteiger partial charge on any atom is 0.280 e. The summed E-state index contributed by atoms with van der Waals surface area (Å²) in [5.74, 6) is -1.73. The van der Waals surface area contributed by atoms with Gasteiger partial charge in [0.15, 0.2) is 11.4 Å². The molecule has 0 saturated carbocycles. The van der Waals surface area contributed by atoms with Crippen LogP contribution in [0.2, 0.25) is 15.1 Å². The Balaban J connectivity index is 0.000000216. The molecule has 0 spiro atoms. The molecule has 0 radical (unpaired) electrons. The fraction of sp³-hybridized carbons (Fsp3) is 0.100. The van der Waals surface area contributed by atoms with E-state index >= 15 is 0 Å². The van der Waals surface area contributed by atoms with Gasteiger partial charge >= 0.3 is 0 Å². The Hall–Kier alpha value is -6.84. The number of carbonyl (C=O) groups excluding carboxylic acids is 3. The topological polar surface area (TPSA) is 284 Å². The van der Waals surface area contributed by atoms with Crippen molar-refractivity contribution in [1.29, 1.82) is 0 Å². The molecule has 21 nitrogen and oxygen atoms in total. The van der Waals surface area contributed by atoms with Crippen molar-refractivity contribution in [2.45, 2.75) is 7.43 Å². The average Bonchev–Trinajstić information content (AvgIpc) is 3.90. The van der Waals surface area contributed by atoms with Crippen LogP contribution in [-0.4, -0.2) is 77.5 Å². The van der Waals surface area contributed by atoms with Crippen LogP contribution in [0.3, 0.4) is 0 Å². The number of aryl methyl sites for hydroxylation is 2. The molecule has 1 N–H and O–H groups in total. The van der Waals surface area contributed by atoms with E-state index in [0.717, 1.165) is 0 Å². The lowest BCUT2D eigenvalue weighted by Gasteiger charge is -2.02. The molecule has 0 fully saturated rings. The van der Waals surface area contributed by atoms with Crippen LogP contribution in [0, 0.1) is 30.3 Å². The summed E-state index contributed by atoms with van der Waals surface area (Å²) in [4.78, 5) is 66.7. The maximum absolute atomic E-state index is 12.1. The summed E-state index contributed by atoms with van der Waals surface area (Å²) in [6.45, 7) is 0. The lowest BCUT2D eigenvalue weighted by molar-refractivity contribution is -0.385. The van der Waals surface area contributed by atoms with E-state index in [1.54, 1.807) is 7.05 Å². The molecule has 0 aliphatic heterocycles. The molecule has 24 heteroatoms.